The van der Waals surface area contributed by atoms with Gasteiger partial charge < -0.3 is 15.0 Å². The summed E-state index contributed by atoms with van der Waals surface area (Å²) in [5, 5.41) is 4.57. The molecular formula is C22H26N4O2. The van der Waals surface area contributed by atoms with Crippen LogP contribution in [0.4, 0.5) is 5.69 Å². The molecule has 0 saturated carbocycles. The largest absolute Gasteiger partial charge is 0.465 e. The molecule has 1 saturated heterocycles. The number of pyridine rings is 1. The summed E-state index contributed by atoms with van der Waals surface area (Å²) in [7, 11) is 1.40. The Balaban J connectivity index is 1.58. The Kier molecular flexibility index (Phi) is 5.30. The van der Waals surface area contributed by atoms with Gasteiger partial charge in [0.2, 0.25) is 0 Å². The number of carbonyl (C=O) groups excluding carboxylic acids is 1. The third-order valence-electron chi connectivity index (χ3n) is 5.61. The summed E-state index contributed by atoms with van der Waals surface area (Å²) in [6, 6.07) is 12.7. The third-order valence-corrected chi connectivity index (χ3v) is 5.61. The van der Waals surface area contributed by atoms with Gasteiger partial charge in [0.05, 0.1) is 12.8 Å². The number of anilines is 1. The van der Waals surface area contributed by atoms with E-state index in [0.29, 0.717) is 11.5 Å². The molecule has 3 heterocycles. The smallest absolute Gasteiger partial charge is 0.341 e. The maximum Gasteiger partial charge on any atom is 0.341 e. The Hall–Kier alpha value is -2.86. The van der Waals surface area contributed by atoms with Gasteiger partial charge in [-0.1, -0.05) is 37.3 Å². The number of esters is 1. The Morgan fingerprint density at radius 2 is 2.14 bits per heavy atom. The maximum absolute atomic E-state index is 12.3. The van der Waals surface area contributed by atoms with Gasteiger partial charge in [0.25, 0.3) is 0 Å². The van der Waals surface area contributed by atoms with E-state index in [1.54, 1.807) is 6.20 Å². The van der Waals surface area contributed by atoms with Gasteiger partial charge in [-0.25, -0.2) is 9.78 Å². The molecule has 2 N–H and O–H groups in total. The second kappa shape index (κ2) is 8.02. The van der Waals surface area contributed by atoms with Crippen LogP contribution in [0.15, 0.2) is 48.8 Å². The summed E-state index contributed by atoms with van der Waals surface area (Å²) >= 11 is 0. The number of H-pyrrole nitrogens is 1. The molecule has 1 aromatic carbocycles. The van der Waals surface area contributed by atoms with Crippen LogP contribution in [0, 0.1) is 5.92 Å². The molecule has 0 aliphatic carbocycles. The van der Waals surface area contributed by atoms with Crippen LogP contribution in [0.1, 0.15) is 29.3 Å². The Morgan fingerprint density at radius 1 is 1.32 bits per heavy atom. The molecule has 1 fully saturated rings. The van der Waals surface area contributed by atoms with E-state index in [0.717, 1.165) is 42.8 Å². The monoisotopic (exact) mass is 378 g/mol. The van der Waals surface area contributed by atoms with E-state index in [4.69, 9.17) is 4.74 Å². The fraction of sp³-hybridized carbons (Fsp3) is 0.364. The van der Waals surface area contributed by atoms with E-state index in [1.165, 1.54) is 12.7 Å². The van der Waals surface area contributed by atoms with Gasteiger partial charge in [0.15, 0.2) is 0 Å². The molecule has 3 aromatic rings. The van der Waals surface area contributed by atoms with E-state index < -0.39 is 0 Å². The zero-order chi connectivity index (χ0) is 19.5. The van der Waals surface area contributed by atoms with Crippen LogP contribution in [-0.4, -0.2) is 47.1 Å². The lowest BCUT2D eigenvalue weighted by atomic mass is 9.92. The van der Waals surface area contributed by atoms with Gasteiger partial charge in [-0.15, -0.1) is 0 Å². The highest BCUT2D eigenvalue weighted by Gasteiger charge is 2.28. The molecule has 1 aliphatic rings. The highest BCUT2D eigenvalue weighted by atomic mass is 16.5. The van der Waals surface area contributed by atoms with Crippen molar-refractivity contribution in [3.05, 3.63) is 59.9 Å². The molecule has 1 aliphatic heterocycles. The average Bonchev–Trinajstić information content (AvgIpc) is 3.20. The third kappa shape index (κ3) is 3.73. The quantitative estimate of drug-likeness (QED) is 0.663. The summed E-state index contributed by atoms with van der Waals surface area (Å²) in [5.74, 6) is 0.127. The molecule has 4 rings (SSSR count). The van der Waals surface area contributed by atoms with Crippen LogP contribution in [0.3, 0.4) is 0 Å². The summed E-state index contributed by atoms with van der Waals surface area (Å²) in [4.78, 5) is 22.2. The first kappa shape index (κ1) is 18.5. The minimum atomic E-state index is -0.372. The van der Waals surface area contributed by atoms with Crippen molar-refractivity contribution in [2.45, 2.75) is 25.9 Å². The van der Waals surface area contributed by atoms with Crippen LogP contribution in [0.25, 0.3) is 11.0 Å². The first-order valence-electron chi connectivity index (χ1n) is 9.73. The molecule has 0 amide bonds. The van der Waals surface area contributed by atoms with Crippen molar-refractivity contribution in [2.75, 3.05) is 25.5 Å². The fourth-order valence-electron chi connectivity index (χ4n) is 3.92. The average molecular weight is 378 g/mol. The van der Waals surface area contributed by atoms with Gasteiger partial charge >= 0.3 is 5.97 Å². The van der Waals surface area contributed by atoms with Crippen molar-refractivity contribution >= 4 is 22.7 Å². The number of rotatable bonds is 5. The minimum absolute atomic E-state index is 0.237. The molecule has 0 bridgehead atoms. The number of hydrogen-bond donors (Lipinski definition) is 2. The van der Waals surface area contributed by atoms with Crippen molar-refractivity contribution in [3.8, 4) is 0 Å². The van der Waals surface area contributed by atoms with E-state index in [9.17, 15) is 4.79 Å². The van der Waals surface area contributed by atoms with Gasteiger partial charge in [0.1, 0.15) is 11.2 Å². The van der Waals surface area contributed by atoms with E-state index >= 15 is 0 Å². The lowest BCUT2D eigenvalue weighted by molar-refractivity contribution is 0.0601. The Morgan fingerprint density at radius 3 is 2.93 bits per heavy atom. The highest BCUT2D eigenvalue weighted by molar-refractivity contribution is 6.04. The van der Waals surface area contributed by atoms with Gasteiger partial charge in [0, 0.05) is 36.9 Å². The van der Waals surface area contributed by atoms with Crippen molar-refractivity contribution in [3.63, 3.8) is 0 Å². The number of hydrogen-bond acceptors (Lipinski definition) is 5. The number of methoxy groups -OCH3 is 1. The SMILES string of the molecule is COC(=O)c1cnc2[nH]ccc2c1N[C@H]1CN(Cc2ccccc2)CC[C@H]1C. The summed E-state index contributed by atoms with van der Waals surface area (Å²) in [6.07, 6.45) is 4.54. The predicted octanol–water partition coefficient (Wildman–Crippen LogP) is 3.67. The zero-order valence-electron chi connectivity index (χ0n) is 16.3. The van der Waals surface area contributed by atoms with Crippen molar-refractivity contribution in [1.82, 2.24) is 14.9 Å². The molecule has 28 heavy (non-hydrogen) atoms. The number of fused-ring (bicyclic) bond motifs is 1. The van der Waals surface area contributed by atoms with Gasteiger partial charge in [-0.3, -0.25) is 4.90 Å². The molecule has 0 unspecified atom stereocenters. The second-order valence-electron chi connectivity index (χ2n) is 7.52. The molecule has 2 aromatic heterocycles. The molecule has 146 valence electrons. The summed E-state index contributed by atoms with van der Waals surface area (Å²) in [5.41, 5.74) is 3.36. The molecule has 6 nitrogen and oxygen atoms in total. The molecule has 6 heteroatoms. The number of nitrogens with one attached hydrogen (secondary N) is 2. The lowest BCUT2D eigenvalue weighted by Gasteiger charge is -2.38. The first-order chi connectivity index (χ1) is 13.7. The molecule has 0 radical (unpaired) electrons. The Labute approximate surface area is 164 Å². The number of likely N-dealkylation sites (tertiary alicyclic amines) is 1. The highest BCUT2D eigenvalue weighted by Crippen LogP contribution is 2.30. The topological polar surface area (TPSA) is 70.2 Å². The van der Waals surface area contributed by atoms with Crippen molar-refractivity contribution < 1.29 is 9.53 Å². The van der Waals surface area contributed by atoms with Gasteiger partial charge in [-0.05, 0) is 30.5 Å². The maximum atomic E-state index is 12.3. The lowest BCUT2D eigenvalue weighted by Crippen LogP contribution is -2.46. The molecule has 0 spiro atoms. The number of nitrogens with zero attached hydrogens (tertiary/aromatic N) is 2. The second-order valence-corrected chi connectivity index (χ2v) is 7.52. The number of ether oxygens (including phenoxy) is 1. The van der Waals surface area contributed by atoms with Crippen LogP contribution < -0.4 is 5.32 Å². The summed E-state index contributed by atoms with van der Waals surface area (Å²) in [6.45, 7) is 5.20. The minimum Gasteiger partial charge on any atom is -0.465 e. The number of carbonyl (C=O) groups is 1. The number of benzene rings is 1. The predicted molar refractivity (Wildman–Crippen MR) is 110 cm³/mol. The normalized spacial score (nSPS) is 20.2. The number of piperidine rings is 1. The molecule has 2 atom stereocenters. The van der Waals surface area contributed by atoms with Crippen LogP contribution >= 0.6 is 0 Å². The number of aromatic amines is 1. The summed E-state index contributed by atoms with van der Waals surface area (Å²) < 4.78 is 4.98. The molecular weight excluding hydrogens is 352 g/mol. The number of aromatic nitrogens is 2. The fourth-order valence-corrected chi connectivity index (χ4v) is 3.92. The Bertz CT molecular complexity index is 954. The van der Waals surface area contributed by atoms with Crippen molar-refractivity contribution in [2.24, 2.45) is 5.92 Å². The van der Waals surface area contributed by atoms with Crippen molar-refractivity contribution in [1.29, 1.82) is 0 Å². The van der Waals surface area contributed by atoms with E-state index in [1.807, 2.05) is 18.3 Å². The van der Waals surface area contributed by atoms with Crippen LogP contribution in [-0.2, 0) is 11.3 Å². The van der Waals surface area contributed by atoms with Gasteiger partial charge in [-0.2, -0.15) is 0 Å². The van der Waals surface area contributed by atoms with Crippen LogP contribution in [0.5, 0.6) is 0 Å². The zero-order valence-corrected chi connectivity index (χ0v) is 16.3. The van der Waals surface area contributed by atoms with E-state index in [2.05, 4.69) is 51.4 Å². The van der Waals surface area contributed by atoms with Crippen LogP contribution in [0.2, 0.25) is 0 Å². The van der Waals surface area contributed by atoms with E-state index in [-0.39, 0.29) is 12.0 Å². The standard InChI is InChI=1S/C22H26N4O2/c1-15-9-11-26(13-16-6-4-3-5-7-16)14-19(15)25-20-17-8-10-23-21(17)24-12-18(20)22(27)28-2/h3-8,10,12,15,19H,9,11,13-14H2,1-2H3,(H2,23,24,25)/t15-,19+/m1/s1. The first-order valence-corrected chi connectivity index (χ1v) is 9.73.